The number of hydrogen-bond acceptors (Lipinski definition) is 6. The van der Waals surface area contributed by atoms with Crippen LogP contribution in [0.5, 0.6) is 11.5 Å². The van der Waals surface area contributed by atoms with Crippen LogP contribution in [0.4, 0.5) is 5.82 Å². The number of aromatic nitrogens is 2. The Balaban J connectivity index is 1.70. The van der Waals surface area contributed by atoms with Gasteiger partial charge in [0.1, 0.15) is 12.4 Å². The van der Waals surface area contributed by atoms with E-state index in [1.165, 1.54) is 0 Å². The predicted molar refractivity (Wildman–Crippen MR) is 154 cm³/mol. The molecule has 2 aliphatic heterocycles. The van der Waals surface area contributed by atoms with Gasteiger partial charge >= 0.3 is 0 Å². The highest BCUT2D eigenvalue weighted by atomic mass is 32.2. The highest BCUT2D eigenvalue weighted by Crippen LogP contribution is 2.49. The molecule has 9 heteroatoms. The number of ether oxygens (including phenoxy) is 2. The number of carbonyl (C=O) groups excluding carboxylic acids is 2. The second kappa shape index (κ2) is 11.0. The van der Waals surface area contributed by atoms with E-state index < -0.39 is 0 Å². The van der Waals surface area contributed by atoms with Crippen LogP contribution in [0.25, 0.3) is 5.69 Å². The molecule has 2 aromatic carbocycles. The van der Waals surface area contributed by atoms with E-state index in [0.717, 1.165) is 40.9 Å². The summed E-state index contributed by atoms with van der Waals surface area (Å²) < 4.78 is 13.1. The average molecular weight is 549 g/mol. The van der Waals surface area contributed by atoms with Crippen molar-refractivity contribution in [3.8, 4) is 17.2 Å². The van der Waals surface area contributed by atoms with Crippen molar-refractivity contribution in [2.24, 2.45) is 0 Å². The van der Waals surface area contributed by atoms with Gasteiger partial charge in [-0.25, -0.2) is 4.68 Å². The predicted octanol–water partition coefficient (Wildman–Crippen LogP) is 5.29. The van der Waals surface area contributed by atoms with Gasteiger partial charge in [-0.15, -0.1) is 11.8 Å². The summed E-state index contributed by atoms with van der Waals surface area (Å²) in [5, 5.41) is 7.93. The maximum atomic E-state index is 13.7. The Morgan fingerprint density at radius 3 is 2.59 bits per heavy atom. The standard InChI is InChI=1S/C30H36N4O4S/c1-6-7-14-31-24(35)16-33-25(36)17-39-27(20-10-13-22-23(15-20)38-18-37-22)26-28(30(3,4)5)32-34(29(26)33)21-11-8-19(2)9-12-21/h8-13,15,27H,6-7,14,16-18H2,1-5H3,(H,31,35). The van der Waals surface area contributed by atoms with Gasteiger partial charge in [-0.3, -0.25) is 14.5 Å². The lowest BCUT2D eigenvalue weighted by atomic mass is 9.87. The van der Waals surface area contributed by atoms with Crippen LogP contribution in [0.1, 0.15) is 68.2 Å². The maximum absolute atomic E-state index is 13.7. The van der Waals surface area contributed by atoms with E-state index >= 15 is 0 Å². The van der Waals surface area contributed by atoms with E-state index in [1.807, 2.05) is 54.1 Å². The summed E-state index contributed by atoms with van der Waals surface area (Å²) in [5.74, 6) is 1.98. The lowest BCUT2D eigenvalue weighted by Crippen LogP contribution is -2.42. The van der Waals surface area contributed by atoms with Crippen LogP contribution in [-0.4, -0.2) is 47.2 Å². The van der Waals surface area contributed by atoms with Gasteiger partial charge in [0.25, 0.3) is 0 Å². The summed E-state index contributed by atoms with van der Waals surface area (Å²) in [6.07, 6.45) is 1.87. The first kappa shape index (κ1) is 27.1. The number of nitrogens with one attached hydrogen (secondary N) is 1. The number of benzene rings is 2. The van der Waals surface area contributed by atoms with Crippen molar-refractivity contribution >= 4 is 29.4 Å². The topological polar surface area (TPSA) is 85.7 Å². The first-order valence-corrected chi connectivity index (χ1v) is 14.5. The SMILES string of the molecule is CCCCNC(=O)CN1C(=O)CSC(c2ccc3c(c2)OCO3)c2c(C(C)(C)C)nn(-c3ccc(C)cc3)c21. The molecule has 3 heterocycles. The molecule has 206 valence electrons. The van der Waals surface area contributed by atoms with E-state index in [4.69, 9.17) is 14.6 Å². The van der Waals surface area contributed by atoms with Crippen LogP contribution in [-0.2, 0) is 15.0 Å². The molecule has 0 spiro atoms. The molecule has 0 aliphatic carbocycles. The van der Waals surface area contributed by atoms with Gasteiger partial charge < -0.3 is 14.8 Å². The molecule has 2 aliphatic rings. The summed E-state index contributed by atoms with van der Waals surface area (Å²) in [5.41, 5.74) is 4.48. The zero-order chi connectivity index (χ0) is 27.7. The Morgan fingerprint density at radius 2 is 1.87 bits per heavy atom. The Labute approximate surface area is 234 Å². The summed E-state index contributed by atoms with van der Waals surface area (Å²) in [7, 11) is 0. The molecule has 1 aromatic heterocycles. The number of anilines is 1. The molecule has 5 rings (SSSR count). The van der Waals surface area contributed by atoms with Crippen LogP contribution in [0.2, 0.25) is 0 Å². The van der Waals surface area contributed by atoms with Crippen molar-refractivity contribution in [3.05, 3.63) is 64.8 Å². The number of fused-ring (bicyclic) bond motifs is 2. The van der Waals surface area contributed by atoms with E-state index in [9.17, 15) is 9.59 Å². The number of aryl methyl sites for hydroxylation is 1. The van der Waals surface area contributed by atoms with Gasteiger partial charge in [0.15, 0.2) is 11.5 Å². The van der Waals surface area contributed by atoms with Gasteiger partial charge in [-0.2, -0.15) is 5.10 Å². The fourth-order valence-electron chi connectivity index (χ4n) is 4.88. The van der Waals surface area contributed by atoms with Crippen molar-refractivity contribution in [1.82, 2.24) is 15.1 Å². The smallest absolute Gasteiger partial charge is 0.240 e. The highest BCUT2D eigenvalue weighted by molar-refractivity contribution is 8.00. The summed E-state index contributed by atoms with van der Waals surface area (Å²) in [6.45, 7) is 11.2. The lowest BCUT2D eigenvalue weighted by molar-refractivity contribution is -0.122. The molecule has 1 N–H and O–H groups in total. The Kier molecular flexibility index (Phi) is 7.62. The van der Waals surface area contributed by atoms with Crippen molar-refractivity contribution in [1.29, 1.82) is 0 Å². The lowest BCUT2D eigenvalue weighted by Gasteiger charge is -2.24. The minimum Gasteiger partial charge on any atom is -0.454 e. The molecular formula is C30H36N4O4S. The third-order valence-corrected chi connectivity index (χ3v) is 8.19. The minimum absolute atomic E-state index is 0.0644. The van der Waals surface area contributed by atoms with E-state index in [0.29, 0.717) is 23.9 Å². The van der Waals surface area contributed by atoms with E-state index in [-0.39, 0.29) is 41.6 Å². The zero-order valence-electron chi connectivity index (χ0n) is 23.2. The molecule has 1 atom stereocenters. The largest absolute Gasteiger partial charge is 0.454 e. The fraction of sp³-hybridized carbons (Fsp3) is 0.433. The number of amides is 2. The first-order chi connectivity index (χ1) is 18.7. The maximum Gasteiger partial charge on any atom is 0.240 e. The molecule has 0 saturated carbocycles. The third-order valence-electron chi connectivity index (χ3n) is 6.93. The first-order valence-electron chi connectivity index (χ1n) is 13.5. The number of rotatable bonds is 7. The van der Waals surface area contributed by atoms with Gasteiger partial charge in [0.2, 0.25) is 18.6 Å². The van der Waals surface area contributed by atoms with Gasteiger partial charge in [0.05, 0.1) is 22.4 Å². The molecule has 0 fully saturated rings. The third kappa shape index (κ3) is 5.50. The molecule has 1 unspecified atom stereocenters. The fourth-order valence-corrected chi connectivity index (χ4v) is 6.07. The van der Waals surface area contributed by atoms with Crippen LogP contribution < -0.4 is 19.7 Å². The average Bonchev–Trinajstić information content (AvgIpc) is 3.50. The van der Waals surface area contributed by atoms with Crippen molar-refractivity contribution < 1.29 is 19.1 Å². The molecular weight excluding hydrogens is 512 g/mol. The Hall–Kier alpha value is -3.46. The van der Waals surface area contributed by atoms with Crippen LogP contribution >= 0.6 is 11.8 Å². The molecule has 2 amide bonds. The van der Waals surface area contributed by atoms with Gasteiger partial charge in [-0.1, -0.05) is 57.9 Å². The van der Waals surface area contributed by atoms with Crippen LogP contribution in [0, 0.1) is 6.92 Å². The zero-order valence-corrected chi connectivity index (χ0v) is 24.1. The molecule has 0 bridgehead atoms. The Bertz CT molecular complexity index is 1380. The molecule has 3 aromatic rings. The Morgan fingerprint density at radius 1 is 1.13 bits per heavy atom. The molecule has 0 radical (unpaired) electrons. The number of thioether (sulfide) groups is 1. The molecule has 8 nitrogen and oxygen atoms in total. The minimum atomic E-state index is -0.322. The normalized spacial score (nSPS) is 16.7. The number of nitrogens with zero attached hydrogens (tertiary/aromatic N) is 3. The summed E-state index contributed by atoms with van der Waals surface area (Å²) >= 11 is 1.55. The monoisotopic (exact) mass is 548 g/mol. The molecule has 0 saturated heterocycles. The van der Waals surface area contributed by atoms with Crippen molar-refractivity contribution in [2.45, 2.75) is 58.1 Å². The second-order valence-corrected chi connectivity index (χ2v) is 12.2. The van der Waals surface area contributed by atoms with Gasteiger partial charge in [0, 0.05) is 17.5 Å². The van der Waals surface area contributed by atoms with Gasteiger partial charge in [-0.05, 0) is 43.2 Å². The number of carbonyl (C=O) groups is 2. The molecule has 39 heavy (non-hydrogen) atoms. The van der Waals surface area contributed by atoms with E-state index in [2.05, 4.69) is 33.0 Å². The van der Waals surface area contributed by atoms with Crippen molar-refractivity contribution in [2.75, 3.05) is 30.5 Å². The second-order valence-electron chi connectivity index (χ2n) is 11.1. The number of unbranched alkanes of at least 4 members (excludes halogenated alkanes) is 1. The van der Waals surface area contributed by atoms with E-state index in [1.54, 1.807) is 16.7 Å². The summed E-state index contributed by atoms with van der Waals surface area (Å²) in [6, 6.07) is 14.0. The van der Waals surface area contributed by atoms with Crippen molar-refractivity contribution in [3.63, 3.8) is 0 Å². The van der Waals surface area contributed by atoms with Crippen LogP contribution in [0.15, 0.2) is 42.5 Å². The summed E-state index contributed by atoms with van der Waals surface area (Å²) in [4.78, 5) is 28.4. The van der Waals surface area contributed by atoms with Crippen LogP contribution in [0.3, 0.4) is 0 Å². The number of hydrogen-bond donors (Lipinski definition) is 1. The quantitative estimate of drug-likeness (QED) is 0.404. The highest BCUT2D eigenvalue weighted by Gasteiger charge is 2.40.